The summed E-state index contributed by atoms with van der Waals surface area (Å²) in [7, 11) is 0. The van der Waals surface area contributed by atoms with Crippen molar-refractivity contribution < 1.29 is 0 Å². The summed E-state index contributed by atoms with van der Waals surface area (Å²) in [6, 6.07) is 0. The van der Waals surface area contributed by atoms with Crippen molar-refractivity contribution in [1.82, 2.24) is 0 Å². The summed E-state index contributed by atoms with van der Waals surface area (Å²) in [5.74, 6) is 0.793. The summed E-state index contributed by atoms with van der Waals surface area (Å²) in [5, 5.41) is 0. The Morgan fingerprint density at radius 3 is 1.50 bits per heavy atom. The van der Waals surface area contributed by atoms with Gasteiger partial charge < -0.3 is 0 Å². The average molecular weight is 170 g/mol. The summed E-state index contributed by atoms with van der Waals surface area (Å²) < 4.78 is 0. The van der Waals surface area contributed by atoms with Crippen LogP contribution in [0.5, 0.6) is 0 Å². The maximum Gasteiger partial charge on any atom is -0.0300 e. The molecule has 0 nitrogen and oxygen atoms in total. The molecule has 0 rings (SSSR count). The van der Waals surface area contributed by atoms with E-state index in [9.17, 15) is 0 Å². The van der Waals surface area contributed by atoms with Gasteiger partial charge in [-0.1, -0.05) is 54.9 Å². The van der Waals surface area contributed by atoms with E-state index in [4.69, 9.17) is 0 Å². The highest BCUT2D eigenvalue weighted by Gasteiger charge is 2.30. The quantitative estimate of drug-likeness (QED) is 0.585. The van der Waals surface area contributed by atoms with Crippen molar-refractivity contribution in [3.63, 3.8) is 0 Å². The smallest absolute Gasteiger partial charge is 0.0300 e. The predicted octanol–water partition coefficient (Wildman–Crippen LogP) is 4.49. The van der Waals surface area contributed by atoms with Crippen molar-refractivity contribution >= 4 is 0 Å². The van der Waals surface area contributed by atoms with Gasteiger partial charge in [-0.25, -0.2) is 0 Å². The van der Waals surface area contributed by atoms with Gasteiger partial charge in [0.1, 0.15) is 0 Å². The maximum absolute atomic E-state index is 2.42. The van der Waals surface area contributed by atoms with Crippen LogP contribution in [-0.4, -0.2) is 0 Å². The monoisotopic (exact) mass is 170 g/mol. The van der Waals surface area contributed by atoms with Crippen molar-refractivity contribution in [2.75, 3.05) is 0 Å². The Morgan fingerprint density at radius 1 is 1.00 bits per heavy atom. The van der Waals surface area contributed by atoms with Gasteiger partial charge in [0.2, 0.25) is 0 Å². The molecule has 0 saturated heterocycles. The zero-order valence-corrected chi connectivity index (χ0v) is 9.99. The lowest BCUT2D eigenvalue weighted by Crippen LogP contribution is -2.28. The Hall–Kier alpha value is 0. The van der Waals surface area contributed by atoms with Gasteiger partial charge in [-0.3, -0.25) is 0 Å². The fraction of sp³-hybridized carbons (Fsp3) is 1.00. The SMILES string of the molecule is CCC(C)(CC(C)(C)C)C(C)C. The van der Waals surface area contributed by atoms with Crippen molar-refractivity contribution in [2.45, 2.75) is 61.3 Å². The molecule has 74 valence electrons. The molecular weight excluding hydrogens is 144 g/mol. The molecule has 1 unspecified atom stereocenters. The van der Waals surface area contributed by atoms with Gasteiger partial charge in [-0.05, 0) is 23.2 Å². The van der Waals surface area contributed by atoms with Crippen LogP contribution in [0.1, 0.15) is 61.3 Å². The molecule has 0 aromatic rings. The van der Waals surface area contributed by atoms with Crippen LogP contribution in [0.3, 0.4) is 0 Å². The van der Waals surface area contributed by atoms with Crippen molar-refractivity contribution in [1.29, 1.82) is 0 Å². The fourth-order valence-corrected chi connectivity index (χ4v) is 1.95. The first-order valence-corrected chi connectivity index (χ1v) is 5.21. The first-order chi connectivity index (χ1) is 5.21. The molecule has 0 saturated carbocycles. The molecule has 0 bridgehead atoms. The topological polar surface area (TPSA) is 0 Å². The van der Waals surface area contributed by atoms with Crippen LogP contribution >= 0.6 is 0 Å². The molecule has 1 atom stereocenters. The minimum absolute atomic E-state index is 0.467. The minimum atomic E-state index is 0.467. The molecule has 12 heavy (non-hydrogen) atoms. The highest BCUT2D eigenvalue weighted by atomic mass is 14.4. The Labute approximate surface area is 78.8 Å². The van der Waals surface area contributed by atoms with E-state index in [2.05, 4.69) is 48.5 Å². The molecule has 0 aliphatic rings. The highest BCUT2D eigenvalue weighted by molar-refractivity contribution is 4.81. The van der Waals surface area contributed by atoms with E-state index in [0.717, 1.165) is 5.92 Å². The second kappa shape index (κ2) is 3.81. The Balaban J connectivity index is 4.35. The molecule has 0 aromatic heterocycles. The Kier molecular flexibility index (Phi) is 3.81. The lowest BCUT2D eigenvalue weighted by atomic mass is 9.67. The molecule has 0 aliphatic carbocycles. The molecule has 0 heteroatoms. The second-order valence-corrected chi connectivity index (χ2v) is 5.90. The molecule has 0 fully saturated rings. The van der Waals surface area contributed by atoms with Crippen LogP contribution in [0.2, 0.25) is 0 Å². The number of hydrogen-bond donors (Lipinski definition) is 0. The zero-order chi connectivity index (χ0) is 9.99. The van der Waals surface area contributed by atoms with E-state index in [0.29, 0.717) is 10.8 Å². The van der Waals surface area contributed by atoms with Crippen LogP contribution < -0.4 is 0 Å². The zero-order valence-electron chi connectivity index (χ0n) is 9.99. The predicted molar refractivity (Wildman–Crippen MR) is 57.3 cm³/mol. The third-order valence-corrected chi connectivity index (χ3v) is 3.14. The van der Waals surface area contributed by atoms with Gasteiger partial charge in [0.15, 0.2) is 0 Å². The Morgan fingerprint density at radius 2 is 1.42 bits per heavy atom. The van der Waals surface area contributed by atoms with Gasteiger partial charge in [-0.15, -0.1) is 0 Å². The summed E-state index contributed by atoms with van der Waals surface area (Å²) in [5.41, 5.74) is 0.993. The van der Waals surface area contributed by atoms with Crippen molar-refractivity contribution in [3.8, 4) is 0 Å². The molecule has 0 aromatic carbocycles. The number of hydrogen-bond acceptors (Lipinski definition) is 0. The lowest BCUT2D eigenvalue weighted by Gasteiger charge is -2.38. The van der Waals surface area contributed by atoms with E-state index in [-0.39, 0.29) is 0 Å². The van der Waals surface area contributed by atoms with Gasteiger partial charge in [0.05, 0.1) is 0 Å². The summed E-state index contributed by atoms with van der Waals surface area (Å²) in [6.07, 6.45) is 2.62. The summed E-state index contributed by atoms with van der Waals surface area (Å²) >= 11 is 0. The third-order valence-electron chi connectivity index (χ3n) is 3.14. The van der Waals surface area contributed by atoms with Crippen LogP contribution in [0, 0.1) is 16.7 Å². The maximum atomic E-state index is 2.42. The van der Waals surface area contributed by atoms with E-state index < -0.39 is 0 Å². The third kappa shape index (κ3) is 3.60. The van der Waals surface area contributed by atoms with Gasteiger partial charge in [-0.2, -0.15) is 0 Å². The van der Waals surface area contributed by atoms with Crippen molar-refractivity contribution in [2.24, 2.45) is 16.7 Å². The first kappa shape index (κ1) is 12.0. The summed E-state index contributed by atoms with van der Waals surface area (Å²) in [6.45, 7) is 16.4. The lowest BCUT2D eigenvalue weighted by molar-refractivity contribution is 0.124. The largest absolute Gasteiger partial charge is 0.0649 e. The molecule has 0 N–H and O–H groups in total. The molecule has 0 aliphatic heterocycles. The normalized spacial score (nSPS) is 18.0. The summed E-state index contributed by atoms with van der Waals surface area (Å²) in [4.78, 5) is 0. The first-order valence-electron chi connectivity index (χ1n) is 5.21. The highest BCUT2D eigenvalue weighted by Crippen LogP contribution is 2.41. The molecular formula is C12H26. The standard InChI is InChI=1S/C12H26/c1-8-12(7,10(2)3)9-11(4,5)6/h10H,8-9H2,1-7H3. The van der Waals surface area contributed by atoms with E-state index in [1.807, 2.05) is 0 Å². The van der Waals surface area contributed by atoms with E-state index >= 15 is 0 Å². The van der Waals surface area contributed by atoms with E-state index in [1.165, 1.54) is 12.8 Å². The molecule has 0 amide bonds. The Bertz CT molecular complexity index is 127. The second-order valence-electron chi connectivity index (χ2n) is 5.90. The van der Waals surface area contributed by atoms with Gasteiger partial charge >= 0.3 is 0 Å². The van der Waals surface area contributed by atoms with Crippen molar-refractivity contribution in [3.05, 3.63) is 0 Å². The fourth-order valence-electron chi connectivity index (χ4n) is 1.95. The average Bonchev–Trinajstić information content (AvgIpc) is 1.83. The molecule has 0 spiro atoms. The van der Waals surface area contributed by atoms with Crippen LogP contribution in [-0.2, 0) is 0 Å². The number of rotatable bonds is 3. The van der Waals surface area contributed by atoms with E-state index in [1.54, 1.807) is 0 Å². The molecule has 0 heterocycles. The minimum Gasteiger partial charge on any atom is -0.0649 e. The van der Waals surface area contributed by atoms with Gasteiger partial charge in [0, 0.05) is 0 Å². The van der Waals surface area contributed by atoms with Crippen LogP contribution in [0.15, 0.2) is 0 Å². The van der Waals surface area contributed by atoms with Gasteiger partial charge in [0.25, 0.3) is 0 Å². The molecule has 0 radical (unpaired) electrons. The van der Waals surface area contributed by atoms with Crippen LogP contribution in [0.4, 0.5) is 0 Å². The van der Waals surface area contributed by atoms with Crippen LogP contribution in [0.25, 0.3) is 0 Å².